The summed E-state index contributed by atoms with van der Waals surface area (Å²) in [5.41, 5.74) is 17.7. The van der Waals surface area contributed by atoms with Crippen LogP contribution in [0.25, 0.3) is 0 Å². The highest BCUT2D eigenvalue weighted by atomic mass is 16.2. The van der Waals surface area contributed by atoms with Crippen LogP contribution in [-0.2, 0) is 25.7 Å². The van der Waals surface area contributed by atoms with Gasteiger partial charge in [-0.15, -0.1) is 0 Å². The van der Waals surface area contributed by atoms with Crippen molar-refractivity contribution < 1.29 is 19.2 Å². The Bertz CT molecular complexity index is 1340. The summed E-state index contributed by atoms with van der Waals surface area (Å²) in [6.45, 7) is 6.58. The number of nitrogens with two attached hydrogens (primary N) is 3. The van der Waals surface area contributed by atoms with Crippen molar-refractivity contribution >= 4 is 41.4 Å². The lowest BCUT2D eigenvalue weighted by Crippen LogP contribution is -2.58. The number of nitrogens with one attached hydrogen (secondary N) is 9. The molecule has 0 saturated carbocycles. The van der Waals surface area contributed by atoms with Gasteiger partial charge in [0.1, 0.15) is 24.0 Å². The maximum atomic E-state index is 13.7. The van der Waals surface area contributed by atoms with Gasteiger partial charge in [0.25, 0.3) is 0 Å². The highest BCUT2D eigenvalue weighted by Gasteiger charge is 2.31. The SMILES string of the molecule is CCCCCCCCCCCCCC(=O)N[C@@H](CCCNC(=N)N)C(=O)NC(C(=O)N[C@@H](CCCNC(=N)N)C(=O)NCc1ccc(C(=N)N)cc1)C(C)C. The zero-order valence-electron chi connectivity index (χ0n) is 33.4. The number of nitrogen functional groups attached to an aromatic ring is 1. The van der Waals surface area contributed by atoms with Crippen molar-refractivity contribution in [2.45, 2.75) is 148 Å². The number of unbranched alkanes of at least 4 members (excludes halogenated alkanes) is 10. The molecule has 0 fully saturated rings. The molecule has 0 aliphatic rings. The highest BCUT2D eigenvalue weighted by Crippen LogP contribution is 2.13. The number of carbonyl (C=O) groups is 4. The summed E-state index contributed by atoms with van der Waals surface area (Å²) in [5.74, 6) is -2.60. The number of amidine groups is 1. The zero-order chi connectivity index (χ0) is 41.0. The van der Waals surface area contributed by atoms with Crippen molar-refractivity contribution in [2.24, 2.45) is 23.1 Å². The number of rotatable bonds is 30. The van der Waals surface area contributed by atoms with Crippen LogP contribution in [0, 0.1) is 22.1 Å². The molecule has 16 heteroatoms. The van der Waals surface area contributed by atoms with Crippen LogP contribution in [0.3, 0.4) is 0 Å². The van der Waals surface area contributed by atoms with E-state index >= 15 is 0 Å². The molecule has 0 aliphatic carbocycles. The molecular formula is C39H70N12O4. The van der Waals surface area contributed by atoms with Gasteiger partial charge in [-0.1, -0.05) is 109 Å². The van der Waals surface area contributed by atoms with E-state index in [9.17, 15) is 19.2 Å². The first-order chi connectivity index (χ1) is 26.2. The van der Waals surface area contributed by atoms with Crippen LogP contribution in [0.15, 0.2) is 24.3 Å². The number of hydrogen-bond acceptors (Lipinski definition) is 7. The average Bonchev–Trinajstić information content (AvgIpc) is 3.13. The topological polar surface area (TPSA) is 290 Å². The molecule has 4 amide bonds. The highest BCUT2D eigenvalue weighted by molar-refractivity contribution is 5.95. The minimum atomic E-state index is -1.02. The van der Waals surface area contributed by atoms with Gasteiger partial charge in [0, 0.05) is 31.6 Å². The Hall–Kier alpha value is -4.89. The number of amides is 4. The normalized spacial score (nSPS) is 12.5. The van der Waals surface area contributed by atoms with Gasteiger partial charge in [0.15, 0.2) is 11.9 Å². The van der Waals surface area contributed by atoms with Gasteiger partial charge in [-0.05, 0) is 43.6 Å². The first kappa shape index (κ1) is 48.1. The molecule has 1 aromatic carbocycles. The van der Waals surface area contributed by atoms with E-state index in [0.717, 1.165) is 24.8 Å². The van der Waals surface area contributed by atoms with E-state index in [0.29, 0.717) is 37.9 Å². The van der Waals surface area contributed by atoms with Gasteiger partial charge >= 0.3 is 0 Å². The van der Waals surface area contributed by atoms with E-state index in [1.165, 1.54) is 44.9 Å². The Balaban J connectivity index is 2.89. The molecule has 0 saturated heterocycles. The molecular weight excluding hydrogens is 701 g/mol. The van der Waals surface area contributed by atoms with E-state index < -0.39 is 35.8 Å². The lowest BCUT2D eigenvalue weighted by molar-refractivity contribution is -0.134. The Labute approximate surface area is 327 Å². The van der Waals surface area contributed by atoms with Gasteiger partial charge in [0.2, 0.25) is 23.6 Å². The van der Waals surface area contributed by atoms with Crippen LogP contribution in [-0.4, -0.2) is 72.6 Å². The van der Waals surface area contributed by atoms with Gasteiger partial charge in [-0.2, -0.15) is 0 Å². The number of carbonyl (C=O) groups excluding carboxylic acids is 4. The fourth-order valence-corrected chi connectivity index (χ4v) is 5.98. The molecule has 55 heavy (non-hydrogen) atoms. The Morgan fingerprint density at radius 3 is 1.56 bits per heavy atom. The minimum Gasteiger partial charge on any atom is -0.384 e. The summed E-state index contributed by atoms with van der Waals surface area (Å²) in [4.78, 5) is 53.8. The first-order valence-corrected chi connectivity index (χ1v) is 20.0. The molecule has 0 aliphatic heterocycles. The predicted octanol–water partition coefficient (Wildman–Crippen LogP) is 2.92. The molecule has 3 atom stereocenters. The summed E-state index contributed by atoms with van der Waals surface area (Å²) in [6.07, 6.45) is 14.4. The largest absolute Gasteiger partial charge is 0.384 e. The smallest absolute Gasteiger partial charge is 0.243 e. The fourth-order valence-electron chi connectivity index (χ4n) is 5.98. The van der Waals surface area contributed by atoms with Crippen molar-refractivity contribution in [1.29, 1.82) is 16.2 Å². The van der Waals surface area contributed by atoms with Crippen molar-refractivity contribution in [2.75, 3.05) is 13.1 Å². The molecule has 1 rings (SSSR count). The molecule has 15 N–H and O–H groups in total. The fraction of sp³-hybridized carbons (Fsp3) is 0.667. The third-order valence-corrected chi connectivity index (χ3v) is 9.24. The number of benzene rings is 1. The maximum absolute atomic E-state index is 13.7. The first-order valence-electron chi connectivity index (χ1n) is 20.0. The lowest BCUT2D eigenvalue weighted by atomic mass is 10.0. The van der Waals surface area contributed by atoms with Crippen LogP contribution in [0.4, 0.5) is 0 Å². The average molecular weight is 771 g/mol. The van der Waals surface area contributed by atoms with Crippen LogP contribution in [0.5, 0.6) is 0 Å². The molecule has 0 aromatic heterocycles. The number of guanidine groups is 2. The Morgan fingerprint density at radius 2 is 1.09 bits per heavy atom. The molecule has 1 unspecified atom stereocenters. The summed E-state index contributed by atoms with van der Waals surface area (Å²) in [7, 11) is 0. The van der Waals surface area contributed by atoms with E-state index in [4.69, 9.17) is 33.4 Å². The van der Waals surface area contributed by atoms with E-state index in [1.807, 2.05) is 0 Å². The maximum Gasteiger partial charge on any atom is 0.243 e. The molecule has 0 heterocycles. The quantitative estimate of drug-likeness (QED) is 0.0311. The van der Waals surface area contributed by atoms with Crippen molar-refractivity contribution in [1.82, 2.24) is 31.9 Å². The molecule has 0 bridgehead atoms. The van der Waals surface area contributed by atoms with Gasteiger partial charge < -0.3 is 49.1 Å². The van der Waals surface area contributed by atoms with E-state index in [2.05, 4.69) is 38.8 Å². The molecule has 16 nitrogen and oxygen atoms in total. The molecule has 310 valence electrons. The monoisotopic (exact) mass is 771 g/mol. The van der Waals surface area contributed by atoms with Crippen molar-refractivity contribution in [3.8, 4) is 0 Å². The van der Waals surface area contributed by atoms with E-state index in [1.54, 1.807) is 38.1 Å². The third kappa shape index (κ3) is 22.8. The van der Waals surface area contributed by atoms with Gasteiger partial charge in [-0.3, -0.25) is 35.4 Å². The van der Waals surface area contributed by atoms with Gasteiger partial charge in [0.05, 0.1) is 0 Å². The Morgan fingerprint density at radius 1 is 0.600 bits per heavy atom. The summed E-state index contributed by atoms with van der Waals surface area (Å²) < 4.78 is 0. The van der Waals surface area contributed by atoms with Crippen LogP contribution >= 0.6 is 0 Å². The van der Waals surface area contributed by atoms with Crippen molar-refractivity contribution in [3.63, 3.8) is 0 Å². The lowest BCUT2D eigenvalue weighted by Gasteiger charge is -2.27. The number of hydrogen-bond donors (Lipinski definition) is 12. The Kier molecular flexibility index (Phi) is 25.0. The second-order valence-electron chi connectivity index (χ2n) is 14.5. The third-order valence-electron chi connectivity index (χ3n) is 9.24. The molecule has 0 spiro atoms. The molecule has 1 aromatic rings. The van der Waals surface area contributed by atoms with Crippen molar-refractivity contribution in [3.05, 3.63) is 35.4 Å². The van der Waals surface area contributed by atoms with Crippen LogP contribution in [0.1, 0.15) is 135 Å². The van der Waals surface area contributed by atoms with E-state index in [-0.39, 0.29) is 55.4 Å². The predicted molar refractivity (Wildman–Crippen MR) is 219 cm³/mol. The second kappa shape index (κ2) is 28.5. The minimum absolute atomic E-state index is 0.0670. The standard InChI is InChI=1S/C39H70N12O4/c1-4-5-6-7-8-9-10-11-12-13-14-19-32(52)49-31(18-16-25-47-39(44)45)36(54)51-33(27(2)3)37(55)50-30(17-15-24-46-38(42)43)35(53)48-26-28-20-22-29(23-21-28)34(40)41/h20-23,27,30-31,33H,4-19,24-26H2,1-3H3,(H3,40,41)(H,48,53)(H,49,52)(H,50,55)(H,51,54)(H4,42,43,46)(H4,44,45,47)/t30-,31-,33?/m0/s1. The zero-order valence-corrected chi connectivity index (χ0v) is 33.4. The van der Waals surface area contributed by atoms with Crippen LogP contribution < -0.4 is 49.1 Å². The second-order valence-corrected chi connectivity index (χ2v) is 14.5. The van der Waals surface area contributed by atoms with Gasteiger partial charge in [-0.25, -0.2) is 0 Å². The summed E-state index contributed by atoms with van der Waals surface area (Å²) in [6, 6.07) is 3.95. The summed E-state index contributed by atoms with van der Waals surface area (Å²) >= 11 is 0. The van der Waals surface area contributed by atoms with Crippen LogP contribution in [0.2, 0.25) is 0 Å². The summed E-state index contributed by atoms with van der Waals surface area (Å²) in [5, 5.41) is 39.1. The molecule has 0 radical (unpaired) electrons.